The van der Waals surface area contributed by atoms with Crippen LogP contribution >= 0.6 is 15.9 Å². The predicted octanol–water partition coefficient (Wildman–Crippen LogP) is 2.66. The van der Waals surface area contributed by atoms with Crippen LogP contribution in [0, 0.1) is 18.8 Å². The molecule has 1 N–H and O–H groups in total. The molecule has 0 saturated heterocycles. The van der Waals surface area contributed by atoms with Crippen molar-refractivity contribution in [2.24, 2.45) is 11.8 Å². The molecule has 4 heteroatoms. The Kier molecular flexibility index (Phi) is 2.84. The van der Waals surface area contributed by atoms with Gasteiger partial charge in [0.2, 0.25) is 0 Å². The minimum absolute atomic E-state index is 0.0498. The number of rotatable bonds is 3. The lowest BCUT2D eigenvalue weighted by Crippen LogP contribution is -2.09. The molecule has 0 aromatic heterocycles. The molecule has 1 aromatic rings. The lowest BCUT2D eigenvalue weighted by atomic mass is 10.0. The van der Waals surface area contributed by atoms with Gasteiger partial charge < -0.3 is 5.11 Å². The topological polar surface area (TPSA) is 54.4 Å². The van der Waals surface area contributed by atoms with Gasteiger partial charge >= 0.3 is 5.97 Å². The van der Waals surface area contributed by atoms with E-state index in [-0.39, 0.29) is 11.7 Å². The first kappa shape index (κ1) is 11.3. The molecule has 1 saturated carbocycles. The third kappa shape index (κ3) is 2.02. The van der Waals surface area contributed by atoms with Crippen molar-refractivity contribution in [3.05, 3.63) is 33.8 Å². The number of hydrogen-bond donors (Lipinski definition) is 1. The lowest BCUT2D eigenvalue weighted by Gasteiger charge is -2.04. The summed E-state index contributed by atoms with van der Waals surface area (Å²) >= 11 is 3.31. The molecule has 2 unspecified atom stereocenters. The van der Waals surface area contributed by atoms with Crippen molar-refractivity contribution >= 4 is 27.7 Å². The summed E-state index contributed by atoms with van der Waals surface area (Å²) in [5.41, 5.74) is 1.52. The molecular weight excluding hydrogens is 272 g/mol. The molecule has 1 aromatic carbocycles. The van der Waals surface area contributed by atoms with Crippen molar-refractivity contribution in [3.63, 3.8) is 0 Å². The first-order valence-electron chi connectivity index (χ1n) is 5.04. The smallest absolute Gasteiger partial charge is 0.307 e. The molecule has 0 aliphatic heterocycles. The quantitative estimate of drug-likeness (QED) is 0.868. The summed E-state index contributed by atoms with van der Waals surface area (Å²) in [4.78, 5) is 22.7. The largest absolute Gasteiger partial charge is 0.481 e. The average Bonchev–Trinajstić information content (AvgIpc) is 3.00. The van der Waals surface area contributed by atoms with Gasteiger partial charge in [0.05, 0.1) is 5.92 Å². The zero-order chi connectivity index (χ0) is 11.9. The predicted molar refractivity (Wildman–Crippen MR) is 62.4 cm³/mol. The van der Waals surface area contributed by atoms with Crippen LogP contribution in [0.15, 0.2) is 22.7 Å². The van der Waals surface area contributed by atoms with E-state index < -0.39 is 11.9 Å². The maximum atomic E-state index is 12.0. The van der Waals surface area contributed by atoms with Crippen molar-refractivity contribution < 1.29 is 14.7 Å². The fraction of sp³-hybridized carbons (Fsp3) is 0.333. The van der Waals surface area contributed by atoms with E-state index in [4.69, 9.17) is 5.11 Å². The Bertz CT molecular complexity index is 467. The molecule has 1 fully saturated rings. The maximum Gasteiger partial charge on any atom is 0.307 e. The second kappa shape index (κ2) is 4.01. The van der Waals surface area contributed by atoms with Crippen LogP contribution in [-0.4, -0.2) is 16.9 Å². The van der Waals surface area contributed by atoms with Gasteiger partial charge in [0, 0.05) is 16.0 Å². The summed E-state index contributed by atoms with van der Waals surface area (Å²) in [5, 5.41) is 8.78. The normalized spacial score (nSPS) is 22.9. The number of carboxylic acids is 1. The van der Waals surface area contributed by atoms with Crippen LogP contribution < -0.4 is 0 Å². The zero-order valence-corrected chi connectivity index (χ0v) is 10.3. The van der Waals surface area contributed by atoms with Crippen LogP contribution in [0.5, 0.6) is 0 Å². The molecule has 16 heavy (non-hydrogen) atoms. The third-order valence-corrected chi connectivity index (χ3v) is 3.40. The summed E-state index contributed by atoms with van der Waals surface area (Å²) in [6.07, 6.45) is 0.472. The van der Waals surface area contributed by atoms with Crippen LogP contribution in [-0.2, 0) is 4.79 Å². The van der Waals surface area contributed by atoms with Gasteiger partial charge in [0.15, 0.2) is 5.78 Å². The van der Waals surface area contributed by atoms with Gasteiger partial charge in [-0.25, -0.2) is 0 Å². The van der Waals surface area contributed by atoms with Gasteiger partial charge in [-0.3, -0.25) is 9.59 Å². The minimum atomic E-state index is -0.869. The molecule has 0 bridgehead atoms. The first-order valence-corrected chi connectivity index (χ1v) is 5.83. The Morgan fingerprint density at radius 3 is 2.62 bits per heavy atom. The maximum absolute atomic E-state index is 12.0. The number of benzene rings is 1. The van der Waals surface area contributed by atoms with Crippen LogP contribution in [0.25, 0.3) is 0 Å². The van der Waals surface area contributed by atoms with Crippen LogP contribution in [0.1, 0.15) is 22.3 Å². The average molecular weight is 283 g/mol. The van der Waals surface area contributed by atoms with Crippen LogP contribution in [0.2, 0.25) is 0 Å². The highest BCUT2D eigenvalue weighted by atomic mass is 79.9. The highest BCUT2D eigenvalue weighted by molar-refractivity contribution is 9.10. The standard InChI is InChI=1S/C12H11BrO3/c1-6-2-3-7(13)4-8(6)11(14)9-5-10(9)12(15)16/h2-4,9-10H,5H2,1H3,(H,15,16). The van der Waals surface area contributed by atoms with Gasteiger partial charge in [-0.2, -0.15) is 0 Å². The Morgan fingerprint density at radius 2 is 2.06 bits per heavy atom. The highest BCUT2D eigenvalue weighted by Crippen LogP contribution is 2.41. The number of ketones is 1. The Hall–Kier alpha value is -1.16. The van der Waals surface area contributed by atoms with Crippen molar-refractivity contribution in [1.29, 1.82) is 0 Å². The Morgan fingerprint density at radius 1 is 1.38 bits per heavy atom. The minimum Gasteiger partial charge on any atom is -0.481 e. The van der Waals surface area contributed by atoms with E-state index in [1.54, 1.807) is 6.07 Å². The van der Waals surface area contributed by atoms with E-state index in [0.717, 1.165) is 10.0 Å². The third-order valence-electron chi connectivity index (χ3n) is 2.91. The number of carboxylic acid groups (broad SMARTS) is 1. The summed E-state index contributed by atoms with van der Waals surface area (Å²) in [6, 6.07) is 5.48. The van der Waals surface area contributed by atoms with E-state index in [9.17, 15) is 9.59 Å². The molecule has 0 spiro atoms. The van der Waals surface area contributed by atoms with Gasteiger partial charge in [-0.05, 0) is 31.0 Å². The van der Waals surface area contributed by atoms with Crippen molar-refractivity contribution in [3.8, 4) is 0 Å². The van der Waals surface area contributed by atoms with Crippen molar-refractivity contribution in [2.75, 3.05) is 0 Å². The fourth-order valence-electron chi connectivity index (χ4n) is 1.82. The molecule has 1 aliphatic carbocycles. The fourth-order valence-corrected chi connectivity index (χ4v) is 2.18. The first-order chi connectivity index (χ1) is 7.50. The number of hydrogen-bond acceptors (Lipinski definition) is 2. The molecule has 0 amide bonds. The van der Waals surface area contributed by atoms with E-state index in [2.05, 4.69) is 15.9 Å². The Labute approximate surface area is 102 Å². The second-order valence-electron chi connectivity index (χ2n) is 4.11. The molecule has 2 atom stereocenters. The van der Waals surface area contributed by atoms with Crippen molar-refractivity contribution in [2.45, 2.75) is 13.3 Å². The number of Topliss-reactive ketones (excluding diaryl/α,β-unsaturated/α-hetero) is 1. The van der Waals surface area contributed by atoms with Crippen LogP contribution in [0.3, 0.4) is 0 Å². The Balaban J connectivity index is 2.23. The molecule has 3 nitrogen and oxygen atoms in total. The monoisotopic (exact) mass is 282 g/mol. The van der Waals surface area contributed by atoms with Gasteiger partial charge in [0.1, 0.15) is 0 Å². The van der Waals surface area contributed by atoms with E-state index >= 15 is 0 Å². The molecular formula is C12H11BrO3. The molecule has 2 rings (SSSR count). The molecule has 0 radical (unpaired) electrons. The number of aliphatic carboxylic acids is 1. The lowest BCUT2D eigenvalue weighted by molar-refractivity contribution is -0.138. The number of carbonyl (C=O) groups excluding carboxylic acids is 1. The summed E-state index contributed by atoms with van der Waals surface area (Å²) in [7, 11) is 0. The highest BCUT2D eigenvalue weighted by Gasteiger charge is 2.48. The summed E-state index contributed by atoms with van der Waals surface area (Å²) in [5.74, 6) is -1.73. The number of carbonyl (C=O) groups is 2. The SMILES string of the molecule is Cc1ccc(Br)cc1C(=O)C1CC1C(=O)O. The number of halogens is 1. The summed E-state index contributed by atoms with van der Waals surface area (Å²) in [6.45, 7) is 1.86. The van der Waals surface area contributed by atoms with E-state index in [1.165, 1.54) is 0 Å². The van der Waals surface area contributed by atoms with Gasteiger partial charge in [-0.15, -0.1) is 0 Å². The molecule has 84 valence electrons. The van der Waals surface area contributed by atoms with Crippen molar-refractivity contribution in [1.82, 2.24) is 0 Å². The summed E-state index contributed by atoms with van der Waals surface area (Å²) < 4.78 is 0.842. The number of aryl methyl sites for hydroxylation is 1. The molecule has 1 aliphatic rings. The second-order valence-corrected chi connectivity index (χ2v) is 5.03. The van der Waals surface area contributed by atoms with Gasteiger partial charge in [0.25, 0.3) is 0 Å². The zero-order valence-electron chi connectivity index (χ0n) is 8.74. The molecule has 0 heterocycles. The van der Waals surface area contributed by atoms with Gasteiger partial charge in [-0.1, -0.05) is 22.0 Å². The van der Waals surface area contributed by atoms with E-state index in [0.29, 0.717) is 12.0 Å². The van der Waals surface area contributed by atoms with Crippen LogP contribution in [0.4, 0.5) is 0 Å². The van der Waals surface area contributed by atoms with E-state index in [1.807, 2.05) is 19.1 Å².